The van der Waals surface area contributed by atoms with Gasteiger partial charge in [0.25, 0.3) is 5.56 Å². The zero-order valence-electron chi connectivity index (χ0n) is 14.2. The van der Waals surface area contributed by atoms with Crippen LogP contribution in [0, 0.1) is 23.5 Å². The molecule has 3 rings (SSSR count). The summed E-state index contributed by atoms with van der Waals surface area (Å²) in [6.45, 7) is 1.76. The summed E-state index contributed by atoms with van der Waals surface area (Å²) in [5, 5.41) is 3.93. The van der Waals surface area contributed by atoms with E-state index in [2.05, 4.69) is 16.9 Å². The minimum Gasteiger partial charge on any atom is -0.293 e. The Morgan fingerprint density at radius 3 is 2.42 bits per heavy atom. The molecule has 0 aliphatic heterocycles. The quantitative estimate of drug-likeness (QED) is 0.623. The SMILES string of the molecule is CC=CC#Cc1cc(F)c(-n2c(=O)c3c(cnn3C)n(C)c2=O)c(F)c1. The van der Waals surface area contributed by atoms with Gasteiger partial charge in [-0.2, -0.15) is 5.10 Å². The van der Waals surface area contributed by atoms with Gasteiger partial charge in [-0.05, 0) is 25.1 Å². The van der Waals surface area contributed by atoms with Crippen LogP contribution < -0.4 is 11.2 Å². The minimum atomic E-state index is -1.06. The minimum absolute atomic E-state index is 0.0582. The van der Waals surface area contributed by atoms with Gasteiger partial charge in [0.1, 0.15) is 5.69 Å². The van der Waals surface area contributed by atoms with Gasteiger partial charge in [-0.15, -0.1) is 0 Å². The molecule has 0 radical (unpaired) electrons. The Morgan fingerprint density at radius 2 is 1.81 bits per heavy atom. The van der Waals surface area contributed by atoms with E-state index >= 15 is 0 Å². The van der Waals surface area contributed by atoms with Crippen molar-refractivity contribution in [2.45, 2.75) is 6.92 Å². The van der Waals surface area contributed by atoms with E-state index in [1.165, 1.54) is 31.1 Å². The van der Waals surface area contributed by atoms with Crippen molar-refractivity contribution in [1.29, 1.82) is 0 Å². The lowest BCUT2D eigenvalue weighted by Crippen LogP contribution is -2.39. The molecule has 132 valence electrons. The average Bonchev–Trinajstić information content (AvgIpc) is 2.97. The first-order valence-electron chi connectivity index (χ1n) is 7.62. The third kappa shape index (κ3) is 2.63. The molecule has 0 bridgehead atoms. The van der Waals surface area contributed by atoms with Crippen molar-refractivity contribution >= 4 is 11.0 Å². The van der Waals surface area contributed by atoms with Crippen molar-refractivity contribution in [2.24, 2.45) is 14.1 Å². The Bertz CT molecular complexity index is 1210. The summed E-state index contributed by atoms with van der Waals surface area (Å²) in [7, 11) is 2.90. The molecular formula is C18H14F2N4O2. The third-order valence-electron chi connectivity index (χ3n) is 3.87. The molecule has 1 aromatic carbocycles. The number of benzene rings is 1. The van der Waals surface area contributed by atoms with Crippen LogP contribution in [-0.2, 0) is 14.1 Å². The van der Waals surface area contributed by atoms with Crippen molar-refractivity contribution in [1.82, 2.24) is 18.9 Å². The number of halogens is 2. The lowest BCUT2D eigenvalue weighted by atomic mass is 10.2. The van der Waals surface area contributed by atoms with Crippen molar-refractivity contribution in [3.63, 3.8) is 0 Å². The van der Waals surface area contributed by atoms with Crippen LogP contribution in [0.5, 0.6) is 0 Å². The van der Waals surface area contributed by atoms with Gasteiger partial charge in [-0.1, -0.05) is 17.9 Å². The van der Waals surface area contributed by atoms with Crippen LogP contribution in [0.4, 0.5) is 8.78 Å². The van der Waals surface area contributed by atoms with E-state index in [9.17, 15) is 18.4 Å². The summed E-state index contributed by atoms with van der Waals surface area (Å²) in [5.41, 5.74) is -2.05. The maximum absolute atomic E-state index is 14.6. The van der Waals surface area contributed by atoms with Crippen LogP contribution in [0.15, 0.2) is 40.1 Å². The zero-order valence-corrected chi connectivity index (χ0v) is 14.2. The van der Waals surface area contributed by atoms with E-state index < -0.39 is 28.6 Å². The summed E-state index contributed by atoms with van der Waals surface area (Å²) < 4.78 is 32.0. The highest BCUT2D eigenvalue weighted by Gasteiger charge is 2.21. The van der Waals surface area contributed by atoms with Gasteiger partial charge in [0.15, 0.2) is 17.2 Å². The van der Waals surface area contributed by atoms with Gasteiger partial charge in [0.05, 0.1) is 11.7 Å². The highest BCUT2D eigenvalue weighted by atomic mass is 19.1. The zero-order chi connectivity index (χ0) is 19.0. The van der Waals surface area contributed by atoms with E-state index in [4.69, 9.17) is 0 Å². The molecule has 0 aliphatic rings. The number of aromatic nitrogens is 4. The molecule has 0 unspecified atom stereocenters. The second-order valence-corrected chi connectivity index (χ2v) is 5.54. The van der Waals surface area contributed by atoms with E-state index in [-0.39, 0.29) is 16.6 Å². The fourth-order valence-corrected chi connectivity index (χ4v) is 2.62. The Kier molecular flexibility index (Phi) is 4.30. The van der Waals surface area contributed by atoms with Gasteiger partial charge in [0, 0.05) is 19.7 Å². The van der Waals surface area contributed by atoms with E-state index in [1.807, 2.05) is 0 Å². The van der Waals surface area contributed by atoms with Crippen LogP contribution in [0.25, 0.3) is 16.7 Å². The Labute approximate surface area is 146 Å². The van der Waals surface area contributed by atoms with Crippen molar-refractivity contribution < 1.29 is 8.78 Å². The predicted octanol–water partition coefficient (Wildman–Crippen LogP) is 1.63. The smallest absolute Gasteiger partial charge is 0.293 e. The lowest BCUT2D eigenvalue weighted by molar-refractivity contribution is 0.558. The summed E-state index contributed by atoms with van der Waals surface area (Å²) >= 11 is 0. The van der Waals surface area contributed by atoms with Crippen LogP contribution in [0.3, 0.4) is 0 Å². The van der Waals surface area contributed by atoms with Crippen molar-refractivity contribution in [2.75, 3.05) is 0 Å². The highest BCUT2D eigenvalue weighted by Crippen LogP contribution is 2.18. The molecule has 0 aliphatic carbocycles. The first kappa shape index (κ1) is 17.4. The molecule has 0 fully saturated rings. The van der Waals surface area contributed by atoms with Crippen LogP contribution in [0.1, 0.15) is 12.5 Å². The molecule has 6 nitrogen and oxygen atoms in total. The number of fused-ring (bicyclic) bond motifs is 1. The Morgan fingerprint density at radius 1 is 1.15 bits per heavy atom. The number of nitrogens with zero attached hydrogens (tertiary/aromatic N) is 4. The molecule has 2 aromatic heterocycles. The largest absolute Gasteiger partial charge is 0.336 e. The molecule has 2 heterocycles. The average molecular weight is 356 g/mol. The molecule has 0 atom stereocenters. The van der Waals surface area contributed by atoms with Gasteiger partial charge in [-0.3, -0.25) is 14.0 Å². The molecule has 8 heteroatoms. The second kappa shape index (κ2) is 6.44. The van der Waals surface area contributed by atoms with Crippen molar-refractivity contribution in [3.8, 4) is 17.5 Å². The van der Waals surface area contributed by atoms with Crippen LogP contribution in [0.2, 0.25) is 0 Å². The maximum Gasteiger partial charge on any atom is 0.336 e. The maximum atomic E-state index is 14.6. The number of hydrogen-bond acceptors (Lipinski definition) is 3. The molecule has 0 amide bonds. The molecule has 0 N–H and O–H groups in total. The molecule has 0 saturated carbocycles. The Hall–Kier alpha value is -3.47. The van der Waals surface area contributed by atoms with Gasteiger partial charge in [-0.25, -0.2) is 18.1 Å². The van der Waals surface area contributed by atoms with E-state index in [0.29, 0.717) is 4.57 Å². The van der Waals surface area contributed by atoms with E-state index in [1.54, 1.807) is 13.0 Å². The molecule has 0 saturated heterocycles. The fraction of sp³-hybridized carbons (Fsp3) is 0.167. The molecule has 26 heavy (non-hydrogen) atoms. The number of rotatable bonds is 1. The Balaban J connectivity index is 2.35. The predicted molar refractivity (Wildman–Crippen MR) is 93.2 cm³/mol. The first-order chi connectivity index (χ1) is 12.4. The lowest BCUT2D eigenvalue weighted by Gasteiger charge is -2.11. The topological polar surface area (TPSA) is 61.8 Å². The standard InChI is InChI=1S/C18H14F2N4O2/c1-4-5-6-7-11-8-12(19)15(13(20)9-11)24-17(25)16-14(10-21-23(16)3)22(2)18(24)26/h4-5,8-10H,1-3H3. The number of aryl methyl sites for hydroxylation is 2. The van der Waals surface area contributed by atoms with Gasteiger partial charge >= 0.3 is 5.69 Å². The number of hydrogen-bond donors (Lipinski definition) is 0. The van der Waals surface area contributed by atoms with Crippen molar-refractivity contribution in [3.05, 3.63) is 68.5 Å². The molecule has 3 aromatic rings. The van der Waals surface area contributed by atoms with Crippen LogP contribution in [-0.4, -0.2) is 18.9 Å². The first-order valence-corrected chi connectivity index (χ1v) is 7.62. The summed E-state index contributed by atoms with van der Waals surface area (Å²) in [4.78, 5) is 25.2. The monoisotopic (exact) mass is 356 g/mol. The van der Waals surface area contributed by atoms with E-state index in [0.717, 1.165) is 16.7 Å². The molecule has 0 spiro atoms. The molecular weight excluding hydrogens is 342 g/mol. The fourth-order valence-electron chi connectivity index (χ4n) is 2.62. The van der Waals surface area contributed by atoms with Gasteiger partial charge in [0.2, 0.25) is 0 Å². The van der Waals surface area contributed by atoms with Crippen LogP contribution >= 0.6 is 0 Å². The normalized spacial score (nSPS) is 11.1. The highest BCUT2D eigenvalue weighted by molar-refractivity contribution is 5.73. The van der Waals surface area contributed by atoms with Gasteiger partial charge < -0.3 is 0 Å². The number of allylic oxidation sites excluding steroid dienone is 2. The summed E-state index contributed by atoms with van der Waals surface area (Å²) in [5.74, 6) is 3.08. The second-order valence-electron chi connectivity index (χ2n) is 5.54. The summed E-state index contributed by atoms with van der Waals surface area (Å²) in [6.07, 6.45) is 4.55. The third-order valence-corrected chi connectivity index (χ3v) is 3.87. The summed E-state index contributed by atoms with van der Waals surface area (Å²) in [6, 6.07) is 1.96.